The average Bonchev–Trinajstić information content (AvgIpc) is 2.46. The molecule has 1 aliphatic rings. The summed E-state index contributed by atoms with van der Waals surface area (Å²) in [6.07, 6.45) is 2.27. The fourth-order valence-corrected chi connectivity index (χ4v) is 2.21. The van der Waals surface area contributed by atoms with Gasteiger partial charge in [-0.3, -0.25) is 4.79 Å². The number of amides is 1. The third-order valence-corrected chi connectivity index (χ3v) is 3.50. The molecule has 6 heteroatoms. The van der Waals surface area contributed by atoms with E-state index in [1.54, 1.807) is 12.1 Å². The van der Waals surface area contributed by atoms with Gasteiger partial charge in [0.05, 0.1) is 0 Å². The first-order valence-electron chi connectivity index (χ1n) is 6.55. The Kier molecular flexibility index (Phi) is 5.03. The molecule has 3 N–H and O–H groups in total. The van der Waals surface area contributed by atoms with Crippen LogP contribution in [0, 0.1) is 5.82 Å². The van der Waals surface area contributed by atoms with Crippen LogP contribution < -0.4 is 11.1 Å². The van der Waals surface area contributed by atoms with E-state index in [-0.39, 0.29) is 17.4 Å². The Morgan fingerprint density at radius 3 is 2.90 bits per heavy atom. The summed E-state index contributed by atoms with van der Waals surface area (Å²) in [4.78, 5) is 12.0. The van der Waals surface area contributed by atoms with E-state index in [1.807, 2.05) is 0 Å². The number of halogens is 1. The number of hydrogen-bond donors (Lipinski definition) is 2. The van der Waals surface area contributed by atoms with Gasteiger partial charge in [0.25, 0.3) is 0 Å². The van der Waals surface area contributed by atoms with Crippen LogP contribution in [0.25, 0.3) is 0 Å². The largest absolute Gasteiger partial charge is 0.389 e. The van der Waals surface area contributed by atoms with Crippen molar-refractivity contribution in [3.63, 3.8) is 0 Å². The van der Waals surface area contributed by atoms with Gasteiger partial charge in [0, 0.05) is 24.3 Å². The lowest BCUT2D eigenvalue weighted by Gasteiger charge is -2.21. The Balaban J connectivity index is 1.93. The lowest BCUT2D eigenvalue weighted by atomic mass is 10.1. The second-order valence-electron chi connectivity index (χ2n) is 4.74. The maximum atomic E-state index is 13.8. The van der Waals surface area contributed by atoms with E-state index in [4.69, 9.17) is 22.7 Å². The molecule has 1 saturated heterocycles. The molecule has 1 heterocycles. The lowest BCUT2D eigenvalue weighted by Crippen LogP contribution is -2.38. The van der Waals surface area contributed by atoms with Crippen molar-refractivity contribution in [2.75, 3.05) is 6.61 Å². The van der Waals surface area contributed by atoms with Crippen LogP contribution in [-0.2, 0) is 16.1 Å². The molecule has 1 aromatic carbocycles. The standard InChI is InChI=1S/C14H17FN2O2S/c15-11-7-9(13(16)20)4-5-10(11)8-17-14(18)12-3-1-2-6-19-12/h4-5,7,12H,1-3,6,8H2,(H2,16,20)(H,17,18). The molecular weight excluding hydrogens is 279 g/mol. The van der Waals surface area contributed by atoms with Crippen molar-refractivity contribution < 1.29 is 13.9 Å². The number of carbonyl (C=O) groups is 1. The third-order valence-electron chi connectivity index (χ3n) is 3.26. The van der Waals surface area contributed by atoms with E-state index >= 15 is 0 Å². The van der Waals surface area contributed by atoms with E-state index in [1.165, 1.54) is 6.07 Å². The molecule has 0 saturated carbocycles. The predicted octanol–water partition coefficient (Wildman–Crippen LogP) is 1.65. The molecule has 0 bridgehead atoms. The number of carbonyl (C=O) groups excluding carboxylic acids is 1. The number of benzene rings is 1. The molecule has 1 fully saturated rings. The van der Waals surface area contributed by atoms with Crippen molar-refractivity contribution in [2.45, 2.75) is 31.9 Å². The lowest BCUT2D eigenvalue weighted by molar-refractivity contribution is -0.135. The van der Waals surface area contributed by atoms with Crippen LogP contribution in [0.1, 0.15) is 30.4 Å². The van der Waals surface area contributed by atoms with Gasteiger partial charge in [0.15, 0.2) is 0 Å². The number of rotatable bonds is 4. The molecule has 4 nitrogen and oxygen atoms in total. The summed E-state index contributed by atoms with van der Waals surface area (Å²) in [6.45, 7) is 0.733. The Bertz CT molecular complexity index is 516. The van der Waals surface area contributed by atoms with Crippen molar-refractivity contribution in [1.29, 1.82) is 0 Å². The highest BCUT2D eigenvalue weighted by molar-refractivity contribution is 7.80. The van der Waals surface area contributed by atoms with E-state index in [2.05, 4.69) is 5.32 Å². The highest BCUT2D eigenvalue weighted by Gasteiger charge is 2.21. The van der Waals surface area contributed by atoms with Crippen LogP contribution in [-0.4, -0.2) is 23.6 Å². The van der Waals surface area contributed by atoms with Crippen LogP contribution >= 0.6 is 12.2 Å². The average molecular weight is 296 g/mol. The summed E-state index contributed by atoms with van der Waals surface area (Å²) in [5.41, 5.74) is 6.30. The van der Waals surface area contributed by atoms with Crippen LogP contribution in [0.15, 0.2) is 18.2 Å². The van der Waals surface area contributed by atoms with Crippen molar-refractivity contribution in [3.8, 4) is 0 Å². The smallest absolute Gasteiger partial charge is 0.249 e. The zero-order valence-electron chi connectivity index (χ0n) is 11.0. The van der Waals surface area contributed by atoms with Gasteiger partial charge in [-0.15, -0.1) is 0 Å². The minimum Gasteiger partial charge on any atom is -0.389 e. The molecule has 108 valence electrons. The summed E-state index contributed by atoms with van der Waals surface area (Å²) in [5, 5.41) is 2.69. The molecule has 20 heavy (non-hydrogen) atoms. The van der Waals surface area contributed by atoms with Gasteiger partial charge in [-0.25, -0.2) is 4.39 Å². The molecule has 0 radical (unpaired) electrons. The van der Waals surface area contributed by atoms with Crippen molar-refractivity contribution in [3.05, 3.63) is 35.1 Å². The first kappa shape index (κ1) is 14.9. The van der Waals surface area contributed by atoms with Crippen LogP contribution in [0.2, 0.25) is 0 Å². The Morgan fingerprint density at radius 2 is 2.30 bits per heavy atom. The van der Waals surface area contributed by atoms with E-state index in [9.17, 15) is 9.18 Å². The van der Waals surface area contributed by atoms with Gasteiger partial charge in [-0.05, 0) is 25.3 Å². The molecule has 1 aliphatic heterocycles. The SMILES string of the molecule is NC(=S)c1ccc(CNC(=O)C2CCCCO2)c(F)c1. The summed E-state index contributed by atoms with van der Waals surface area (Å²) in [7, 11) is 0. The Morgan fingerprint density at radius 1 is 1.50 bits per heavy atom. The fourth-order valence-electron chi connectivity index (χ4n) is 2.09. The van der Waals surface area contributed by atoms with E-state index in [0.29, 0.717) is 24.2 Å². The van der Waals surface area contributed by atoms with Crippen LogP contribution in [0.3, 0.4) is 0 Å². The summed E-state index contributed by atoms with van der Waals surface area (Å²) in [6, 6.07) is 4.50. The Hall–Kier alpha value is -1.53. The minimum atomic E-state index is -0.430. The first-order valence-corrected chi connectivity index (χ1v) is 6.96. The second kappa shape index (κ2) is 6.76. The zero-order valence-corrected chi connectivity index (χ0v) is 11.8. The highest BCUT2D eigenvalue weighted by Crippen LogP contribution is 2.14. The molecule has 2 rings (SSSR count). The topological polar surface area (TPSA) is 64.3 Å². The molecule has 1 atom stereocenters. The predicted molar refractivity (Wildman–Crippen MR) is 77.7 cm³/mol. The zero-order chi connectivity index (χ0) is 14.5. The maximum Gasteiger partial charge on any atom is 0.249 e. The second-order valence-corrected chi connectivity index (χ2v) is 5.18. The van der Waals surface area contributed by atoms with Crippen LogP contribution in [0.5, 0.6) is 0 Å². The van der Waals surface area contributed by atoms with Gasteiger partial charge >= 0.3 is 0 Å². The summed E-state index contributed by atoms with van der Waals surface area (Å²) < 4.78 is 19.2. The maximum absolute atomic E-state index is 13.8. The number of thiocarbonyl (C=S) groups is 1. The summed E-state index contributed by atoms with van der Waals surface area (Å²) >= 11 is 4.78. The molecule has 0 aliphatic carbocycles. The van der Waals surface area contributed by atoms with Crippen molar-refractivity contribution in [1.82, 2.24) is 5.32 Å². The molecule has 1 amide bonds. The molecule has 1 unspecified atom stereocenters. The van der Waals surface area contributed by atoms with E-state index in [0.717, 1.165) is 12.8 Å². The quantitative estimate of drug-likeness (QED) is 0.829. The van der Waals surface area contributed by atoms with Crippen molar-refractivity contribution >= 4 is 23.1 Å². The van der Waals surface area contributed by atoms with Crippen molar-refractivity contribution in [2.24, 2.45) is 5.73 Å². The van der Waals surface area contributed by atoms with Gasteiger partial charge < -0.3 is 15.8 Å². The monoisotopic (exact) mass is 296 g/mol. The molecule has 1 aromatic rings. The summed E-state index contributed by atoms with van der Waals surface area (Å²) in [5.74, 6) is -0.623. The third kappa shape index (κ3) is 3.74. The first-order chi connectivity index (χ1) is 9.58. The molecule has 0 aromatic heterocycles. The molecule has 0 spiro atoms. The van der Waals surface area contributed by atoms with Gasteiger partial charge in [0.2, 0.25) is 5.91 Å². The number of nitrogens with one attached hydrogen (secondary N) is 1. The normalized spacial score (nSPS) is 18.6. The minimum absolute atomic E-state index is 0.127. The molecular formula is C14H17FN2O2S. The van der Waals surface area contributed by atoms with Crippen LogP contribution in [0.4, 0.5) is 4.39 Å². The van der Waals surface area contributed by atoms with E-state index < -0.39 is 11.9 Å². The van der Waals surface area contributed by atoms with Gasteiger partial charge in [0.1, 0.15) is 16.9 Å². The highest BCUT2D eigenvalue weighted by atomic mass is 32.1. The number of hydrogen-bond acceptors (Lipinski definition) is 3. The Labute approximate surface area is 122 Å². The van der Waals surface area contributed by atoms with Gasteiger partial charge in [-0.1, -0.05) is 24.4 Å². The number of nitrogens with two attached hydrogens (primary N) is 1. The fraction of sp³-hybridized carbons (Fsp3) is 0.429. The number of ether oxygens (including phenoxy) is 1. The van der Waals surface area contributed by atoms with Gasteiger partial charge in [-0.2, -0.15) is 0 Å².